The second kappa shape index (κ2) is 8.96. The van der Waals surface area contributed by atoms with Crippen LogP contribution in [0, 0.1) is 17.8 Å². The first-order valence-corrected chi connectivity index (χ1v) is 13.2. The average Bonchev–Trinajstić information content (AvgIpc) is 3.59. The van der Waals surface area contributed by atoms with E-state index in [1.807, 2.05) is 12.1 Å². The molecule has 2 aromatic carbocycles. The van der Waals surface area contributed by atoms with Gasteiger partial charge in [0.05, 0.1) is 18.8 Å². The highest BCUT2D eigenvalue weighted by Gasteiger charge is 2.52. The summed E-state index contributed by atoms with van der Waals surface area (Å²) in [6.07, 6.45) is 7.40. The number of aromatic carboxylic acids is 1. The van der Waals surface area contributed by atoms with Crippen LogP contribution >= 0.6 is 0 Å². The summed E-state index contributed by atoms with van der Waals surface area (Å²) in [5.74, 6) is 3.13. The van der Waals surface area contributed by atoms with Gasteiger partial charge in [0.15, 0.2) is 6.29 Å². The smallest absolute Gasteiger partial charge is 0.335 e. The van der Waals surface area contributed by atoms with Gasteiger partial charge in [-0.3, -0.25) is 0 Å². The third-order valence-electron chi connectivity index (χ3n) is 8.71. The Morgan fingerprint density at radius 2 is 1.49 bits per heavy atom. The predicted molar refractivity (Wildman–Crippen MR) is 133 cm³/mol. The van der Waals surface area contributed by atoms with E-state index in [1.165, 1.54) is 56.2 Å². The van der Waals surface area contributed by atoms with Crippen molar-refractivity contribution >= 4 is 5.97 Å². The van der Waals surface area contributed by atoms with Crippen LogP contribution in [0.5, 0.6) is 5.75 Å². The average molecular weight is 503 g/mol. The maximum Gasteiger partial charge on any atom is 0.335 e. The molecule has 192 valence electrons. The van der Waals surface area contributed by atoms with Gasteiger partial charge in [0, 0.05) is 16.7 Å². The Labute approximate surface area is 214 Å². The SMILES string of the molecule is O=C(O)c1ccc(-c2nnc(-c3ccc(OCC4OCCO4)c(C45CC6CC(CC(C6)C4)C5)c3)o2)cc1. The minimum absolute atomic E-state index is 0.118. The van der Waals surface area contributed by atoms with Crippen molar-refractivity contribution in [3.63, 3.8) is 0 Å². The van der Waals surface area contributed by atoms with Crippen LogP contribution in [-0.4, -0.2) is 47.4 Å². The summed E-state index contributed by atoms with van der Waals surface area (Å²) in [6.45, 7) is 1.58. The fourth-order valence-corrected chi connectivity index (χ4v) is 7.52. The fraction of sp³-hybridized carbons (Fsp3) is 0.483. The van der Waals surface area contributed by atoms with Gasteiger partial charge in [0.1, 0.15) is 12.4 Å². The van der Waals surface area contributed by atoms with Crippen LogP contribution in [0.2, 0.25) is 0 Å². The number of carboxylic acids is 1. The second-order valence-electron chi connectivity index (χ2n) is 11.2. The van der Waals surface area contributed by atoms with Gasteiger partial charge in [-0.1, -0.05) is 0 Å². The molecule has 1 N–H and O–H groups in total. The van der Waals surface area contributed by atoms with Crippen molar-refractivity contribution in [3.8, 4) is 28.7 Å². The highest BCUT2D eigenvalue weighted by molar-refractivity contribution is 5.88. The Hall–Kier alpha value is -3.23. The molecule has 1 aliphatic heterocycles. The summed E-state index contributed by atoms with van der Waals surface area (Å²) < 4.78 is 23.6. The van der Waals surface area contributed by atoms with E-state index in [2.05, 4.69) is 16.3 Å². The van der Waals surface area contributed by atoms with E-state index in [0.717, 1.165) is 29.1 Å². The third kappa shape index (κ3) is 4.22. The van der Waals surface area contributed by atoms with Crippen LogP contribution in [0.25, 0.3) is 22.9 Å². The molecule has 1 aromatic heterocycles. The van der Waals surface area contributed by atoms with Crippen LogP contribution in [0.3, 0.4) is 0 Å². The zero-order valence-electron chi connectivity index (χ0n) is 20.6. The van der Waals surface area contributed by atoms with Gasteiger partial charge in [-0.05, 0) is 104 Å². The quantitative estimate of drug-likeness (QED) is 0.463. The summed E-state index contributed by atoms with van der Waals surface area (Å²) >= 11 is 0. The monoisotopic (exact) mass is 502 g/mol. The van der Waals surface area contributed by atoms with E-state index in [1.54, 1.807) is 12.1 Å². The van der Waals surface area contributed by atoms with E-state index in [0.29, 0.717) is 37.2 Å². The van der Waals surface area contributed by atoms with Gasteiger partial charge >= 0.3 is 5.97 Å². The number of hydrogen-bond donors (Lipinski definition) is 1. The number of carbonyl (C=O) groups is 1. The van der Waals surface area contributed by atoms with Crippen molar-refractivity contribution in [2.24, 2.45) is 17.8 Å². The molecule has 4 aliphatic carbocycles. The first kappa shape index (κ1) is 22.9. The summed E-state index contributed by atoms with van der Waals surface area (Å²) in [7, 11) is 0. The number of benzene rings is 2. The summed E-state index contributed by atoms with van der Waals surface area (Å²) in [5, 5.41) is 17.7. The highest BCUT2D eigenvalue weighted by Crippen LogP contribution is 2.62. The molecule has 4 saturated carbocycles. The van der Waals surface area contributed by atoms with Crippen LogP contribution in [0.4, 0.5) is 0 Å². The van der Waals surface area contributed by atoms with E-state index >= 15 is 0 Å². The molecule has 3 aromatic rings. The van der Waals surface area contributed by atoms with Gasteiger partial charge in [-0.2, -0.15) is 0 Å². The van der Waals surface area contributed by atoms with Crippen molar-refractivity contribution in [2.75, 3.05) is 19.8 Å². The number of aromatic nitrogens is 2. The molecular formula is C29H30N2O6. The molecule has 5 aliphatic rings. The molecule has 0 radical (unpaired) electrons. The number of hydrogen-bond acceptors (Lipinski definition) is 7. The lowest BCUT2D eigenvalue weighted by molar-refractivity contribution is -0.0694. The van der Waals surface area contributed by atoms with E-state index in [9.17, 15) is 4.79 Å². The Balaban J connectivity index is 1.22. The standard InChI is InChI=1S/C29H30N2O6/c32-28(33)21-3-1-20(2-4-21)26-30-31-27(37-26)22-5-6-24(36-16-25-34-7-8-35-25)23(12-22)29-13-17-9-18(14-29)11-19(10-17)15-29/h1-6,12,17-19,25H,7-11,13-16H2,(H,32,33). The minimum Gasteiger partial charge on any atom is -0.488 e. The van der Waals surface area contributed by atoms with Gasteiger partial charge < -0.3 is 23.7 Å². The Kier molecular flexibility index (Phi) is 5.55. The van der Waals surface area contributed by atoms with Crippen molar-refractivity contribution in [3.05, 3.63) is 53.6 Å². The first-order chi connectivity index (χ1) is 18.0. The molecule has 8 rings (SSSR count). The van der Waals surface area contributed by atoms with Gasteiger partial charge in [0.25, 0.3) is 0 Å². The van der Waals surface area contributed by atoms with Crippen LogP contribution in [0.1, 0.15) is 54.4 Å². The largest absolute Gasteiger partial charge is 0.488 e. The Morgan fingerprint density at radius 3 is 2.11 bits per heavy atom. The molecule has 0 spiro atoms. The summed E-state index contributed by atoms with van der Waals surface area (Å²) in [5.41, 5.74) is 3.13. The summed E-state index contributed by atoms with van der Waals surface area (Å²) in [4.78, 5) is 11.2. The Bertz CT molecular complexity index is 1270. The molecule has 0 amide bonds. The lowest BCUT2D eigenvalue weighted by Crippen LogP contribution is -2.48. The molecule has 5 fully saturated rings. The fourth-order valence-electron chi connectivity index (χ4n) is 7.52. The maximum absolute atomic E-state index is 11.2. The zero-order chi connectivity index (χ0) is 25.0. The molecule has 8 nitrogen and oxygen atoms in total. The number of carboxylic acid groups (broad SMARTS) is 1. The summed E-state index contributed by atoms with van der Waals surface area (Å²) in [6, 6.07) is 12.7. The molecule has 2 heterocycles. The van der Waals surface area contributed by atoms with Gasteiger partial charge in [-0.15, -0.1) is 10.2 Å². The lowest BCUT2D eigenvalue weighted by atomic mass is 9.48. The topological polar surface area (TPSA) is 104 Å². The number of nitrogens with zero attached hydrogens (tertiary/aromatic N) is 2. The predicted octanol–water partition coefficient (Wildman–Crippen LogP) is 5.32. The van der Waals surface area contributed by atoms with Crippen molar-refractivity contribution in [1.29, 1.82) is 0 Å². The third-order valence-corrected chi connectivity index (χ3v) is 8.71. The molecule has 1 saturated heterocycles. The van der Waals surface area contributed by atoms with Gasteiger partial charge in [0.2, 0.25) is 11.8 Å². The van der Waals surface area contributed by atoms with Crippen molar-refractivity contribution in [2.45, 2.75) is 50.2 Å². The van der Waals surface area contributed by atoms with E-state index in [-0.39, 0.29) is 17.3 Å². The minimum atomic E-state index is -0.969. The number of rotatable bonds is 7. The lowest BCUT2D eigenvalue weighted by Gasteiger charge is -2.57. The van der Waals surface area contributed by atoms with Crippen LogP contribution < -0.4 is 4.74 Å². The molecule has 0 atom stereocenters. The first-order valence-electron chi connectivity index (χ1n) is 13.2. The van der Waals surface area contributed by atoms with Crippen molar-refractivity contribution in [1.82, 2.24) is 10.2 Å². The van der Waals surface area contributed by atoms with E-state index < -0.39 is 5.97 Å². The molecule has 8 heteroatoms. The number of ether oxygens (including phenoxy) is 3. The van der Waals surface area contributed by atoms with Crippen LogP contribution in [0.15, 0.2) is 46.9 Å². The molecule has 0 unspecified atom stereocenters. The van der Waals surface area contributed by atoms with E-state index in [4.69, 9.17) is 23.7 Å². The maximum atomic E-state index is 11.2. The van der Waals surface area contributed by atoms with Crippen molar-refractivity contribution < 1.29 is 28.5 Å². The normalized spacial score (nSPS) is 28.6. The Morgan fingerprint density at radius 1 is 0.892 bits per heavy atom. The second-order valence-corrected chi connectivity index (χ2v) is 11.2. The molecule has 4 bridgehead atoms. The molecule has 37 heavy (non-hydrogen) atoms. The van der Waals surface area contributed by atoms with Gasteiger partial charge in [-0.25, -0.2) is 4.79 Å². The molecular weight excluding hydrogens is 472 g/mol. The zero-order valence-corrected chi connectivity index (χ0v) is 20.6. The highest BCUT2D eigenvalue weighted by atomic mass is 16.7. The van der Waals surface area contributed by atoms with Crippen LogP contribution in [-0.2, 0) is 14.9 Å².